The molecule has 2 amide bonds. The lowest BCUT2D eigenvalue weighted by Gasteiger charge is -2.36. The van der Waals surface area contributed by atoms with Gasteiger partial charge in [0.25, 0.3) is 0 Å². The molecular formula is C21H25FN4O3. The second kappa shape index (κ2) is 8.89. The number of pyridine rings is 1. The normalized spacial score (nSPS) is 13.9. The van der Waals surface area contributed by atoms with E-state index in [-0.39, 0.29) is 18.5 Å². The van der Waals surface area contributed by atoms with Crippen LogP contribution < -0.4 is 10.2 Å². The predicted molar refractivity (Wildman–Crippen MR) is 109 cm³/mol. The van der Waals surface area contributed by atoms with Crippen molar-refractivity contribution in [2.75, 3.05) is 43.0 Å². The van der Waals surface area contributed by atoms with E-state index >= 15 is 0 Å². The second-order valence-corrected chi connectivity index (χ2v) is 6.86. The lowest BCUT2D eigenvalue weighted by molar-refractivity contribution is 0.0525. The first-order valence-corrected chi connectivity index (χ1v) is 9.61. The molecule has 7 nitrogen and oxygen atoms in total. The fraction of sp³-hybridized carbons (Fsp3) is 0.381. The largest absolute Gasteiger partial charge is 0.462 e. The van der Waals surface area contributed by atoms with Gasteiger partial charge in [0.05, 0.1) is 29.2 Å². The molecule has 3 rings (SSSR count). The van der Waals surface area contributed by atoms with Crippen LogP contribution in [0.3, 0.4) is 0 Å². The maximum Gasteiger partial charge on any atom is 0.340 e. The summed E-state index contributed by atoms with van der Waals surface area (Å²) < 4.78 is 18.1. The number of carbonyl (C=O) groups excluding carboxylic acids is 2. The molecule has 0 radical (unpaired) electrons. The Morgan fingerprint density at radius 3 is 2.38 bits per heavy atom. The molecule has 154 valence electrons. The Morgan fingerprint density at radius 2 is 1.76 bits per heavy atom. The van der Waals surface area contributed by atoms with Gasteiger partial charge in [0, 0.05) is 31.9 Å². The number of anilines is 2. The minimum absolute atomic E-state index is 0.243. The van der Waals surface area contributed by atoms with Crippen LogP contribution in [0.5, 0.6) is 0 Å². The van der Waals surface area contributed by atoms with E-state index in [4.69, 9.17) is 4.74 Å². The fourth-order valence-corrected chi connectivity index (χ4v) is 3.28. The van der Waals surface area contributed by atoms with Gasteiger partial charge >= 0.3 is 12.0 Å². The van der Waals surface area contributed by atoms with Crippen molar-refractivity contribution in [3.63, 3.8) is 0 Å². The molecule has 1 fully saturated rings. The number of hydrogen-bond acceptors (Lipinski definition) is 5. The second-order valence-electron chi connectivity index (χ2n) is 6.86. The summed E-state index contributed by atoms with van der Waals surface area (Å²) in [5, 5.41) is 2.86. The van der Waals surface area contributed by atoms with E-state index in [0.29, 0.717) is 48.8 Å². The van der Waals surface area contributed by atoms with E-state index < -0.39 is 5.97 Å². The van der Waals surface area contributed by atoms with Gasteiger partial charge in [-0.1, -0.05) is 0 Å². The third-order valence-electron chi connectivity index (χ3n) is 4.90. The van der Waals surface area contributed by atoms with Gasteiger partial charge in [-0.25, -0.2) is 14.0 Å². The van der Waals surface area contributed by atoms with Crippen LogP contribution in [0.25, 0.3) is 0 Å². The number of aromatic nitrogens is 1. The highest BCUT2D eigenvalue weighted by atomic mass is 19.1. The lowest BCUT2D eigenvalue weighted by atomic mass is 10.1. The maximum absolute atomic E-state index is 13.1. The van der Waals surface area contributed by atoms with Gasteiger partial charge in [-0.2, -0.15) is 0 Å². The highest BCUT2D eigenvalue weighted by molar-refractivity contribution is 5.95. The number of nitrogens with one attached hydrogen (secondary N) is 1. The van der Waals surface area contributed by atoms with Crippen LogP contribution in [-0.2, 0) is 4.74 Å². The van der Waals surface area contributed by atoms with Crippen LogP contribution in [0.15, 0.2) is 30.3 Å². The monoisotopic (exact) mass is 400 g/mol. The van der Waals surface area contributed by atoms with Crippen LogP contribution in [0.2, 0.25) is 0 Å². The van der Waals surface area contributed by atoms with Crippen LogP contribution in [-0.4, -0.2) is 54.7 Å². The number of carbonyl (C=O) groups is 2. The molecule has 1 aromatic carbocycles. The first kappa shape index (κ1) is 20.6. The van der Waals surface area contributed by atoms with Crippen LogP contribution in [0, 0.1) is 19.7 Å². The number of aryl methyl sites for hydroxylation is 2. The van der Waals surface area contributed by atoms with Gasteiger partial charge in [-0.15, -0.1) is 0 Å². The molecule has 1 N–H and O–H groups in total. The standard InChI is InChI=1S/C21H25FN4O3/c1-4-29-20(27)18-13-19(15(3)23-14(18)2)24-21(28)26-11-9-25(10-12-26)17-7-5-16(22)6-8-17/h5-8,13H,4,9-12H2,1-3H3,(H,24,28). The molecule has 1 aromatic heterocycles. The topological polar surface area (TPSA) is 74.8 Å². The molecule has 2 heterocycles. The van der Waals surface area contributed by atoms with Crippen LogP contribution >= 0.6 is 0 Å². The minimum Gasteiger partial charge on any atom is -0.462 e. The molecule has 1 aliphatic heterocycles. The number of rotatable bonds is 4. The van der Waals surface area contributed by atoms with Crippen molar-refractivity contribution < 1.29 is 18.7 Å². The average Bonchev–Trinajstić information content (AvgIpc) is 2.71. The molecular weight excluding hydrogens is 375 g/mol. The Balaban J connectivity index is 1.64. The van der Waals surface area contributed by atoms with Gasteiger partial charge in [-0.3, -0.25) is 4.98 Å². The summed E-state index contributed by atoms with van der Waals surface area (Å²) in [5.41, 5.74) is 2.96. The number of esters is 1. The van der Waals surface area contributed by atoms with Crippen molar-refractivity contribution in [1.29, 1.82) is 0 Å². The highest BCUT2D eigenvalue weighted by Gasteiger charge is 2.23. The lowest BCUT2D eigenvalue weighted by Crippen LogP contribution is -2.50. The van der Waals surface area contributed by atoms with E-state index in [1.165, 1.54) is 12.1 Å². The van der Waals surface area contributed by atoms with E-state index in [9.17, 15) is 14.0 Å². The third kappa shape index (κ3) is 4.82. The van der Waals surface area contributed by atoms with Gasteiger partial charge in [-0.05, 0) is 51.1 Å². The first-order chi connectivity index (χ1) is 13.9. The Bertz CT molecular complexity index is 894. The molecule has 0 unspecified atom stereocenters. The van der Waals surface area contributed by atoms with Gasteiger partial charge in [0.2, 0.25) is 0 Å². The fourth-order valence-electron chi connectivity index (χ4n) is 3.28. The Hall–Kier alpha value is -3.16. The number of amides is 2. The number of piperazine rings is 1. The maximum atomic E-state index is 13.1. The molecule has 29 heavy (non-hydrogen) atoms. The summed E-state index contributed by atoms with van der Waals surface area (Å²) in [4.78, 5) is 33.0. The quantitative estimate of drug-likeness (QED) is 0.797. The predicted octanol–water partition coefficient (Wildman–Crippen LogP) is 3.37. The van der Waals surface area contributed by atoms with Crippen molar-refractivity contribution in [3.8, 4) is 0 Å². The SMILES string of the molecule is CCOC(=O)c1cc(NC(=O)N2CCN(c3ccc(F)cc3)CC2)c(C)nc1C. The number of urea groups is 1. The Kier molecular flexibility index (Phi) is 6.31. The van der Waals surface area contributed by atoms with Gasteiger partial charge in [0.15, 0.2) is 0 Å². The minimum atomic E-state index is -0.457. The molecule has 0 saturated carbocycles. The molecule has 0 spiro atoms. The Labute approximate surface area is 169 Å². The molecule has 0 atom stereocenters. The molecule has 0 aliphatic carbocycles. The molecule has 0 bridgehead atoms. The smallest absolute Gasteiger partial charge is 0.340 e. The van der Waals surface area contributed by atoms with Crippen molar-refractivity contribution in [2.45, 2.75) is 20.8 Å². The zero-order valence-electron chi connectivity index (χ0n) is 16.9. The van der Waals surface area contributed by atoms with Crippen molar-refractivity contribution in [3.05, 3.63) is 53.1 Å². The summed E-state index contributed by atoms with van der Waals surface area (Å²) in [5.74, 6) is -0.725. The molecule has 1 saturated heterocycles. The summed E-state index contributed by atoms with van der Waals surface area (Å²) in [6, 6.07) is 7.72. The molecule has 2 aromatic rings. The summed E-state index contributed by atoms with van der Waals surface area (Å²) in [6.07, 6.45) is 0. The number of halogens is 1. The van der Waals surface area contributed by atoms with Gasteiger partial charge < -0.3 is 19.9 Å². The highest BCUT2D eigenvalue weighted by Crippen LogP contribution is 2.20. The summed E-state index contributed by atoms with van der Waals surface area (Å²) in [6.45, 7) is 7.90. The zero-order chi connectivity index (χ0) is 21.0. The molecule has 8 heteroatoms. The van der Waals surface area contributed by atoms with Crippen molar-refractivity contribution >= 4 is 23.4 Å². The molecule has 1 aliphatic rings. The van der Waals surface area contributed by atoms with Crippen molar-refractivity contribution in [1.82, 2.24) is 9.88 Å². The number of nitrogens with zero attached hydrogens (tertiary/aromatic N) is 3. The van der Waals surface area contributed by atoms with Crippen LogP contribution in [0.1, 0.15) is 28.7 Å². The van der Waals surface area contributed by atoms with E-state index in [2.05, 4.69) is 15.2 Å². The van der Waals surface area contributed by atoms with E-state index in [1.807, 2.05) is 0 Å². The third-order valence-corrected chi connectivity index (χ3v) is 4.90. The summed E-state index contributed by atoms with van der Waals surface area (Å²) >= 11 is 0. The van der Waals surface area contributed by atoms with E-state index in [1.54, 1.807) is 43.9 Å². The summed E-state index contributed by atoms with van der Waals surface area (Å²) in [7, 11) is 0. The van der Waals surface area contributed by atoms with Gasteiger partial charge in [0.1, 0.15) is 5.82 Å². The first-order valence-electron chi connectivity index (χ1n) is 9.61. The number of benzene rings is 1. The zero-order valence-corrected chi connectivity index (χ0v) is 16.9. The van der Waals surface area contributed by atoms with E-state index in [0.717, 1.165) is 5.69 Å². The van der Waals surface area contributed by atoms with Crippen LogP contribution in [0.4, 0.5) is 20.6 Å². The Morgan fingerprint density at radius 1 is 1.10 bits per heavy atom. The number of hydrogen-bond donors (Lipinski definition) is 1. The number of ether oxygens (including phenoxy) is 1. The average molecular weight is 400 g/mol. The van der Waals surface area contributed by atoms with Crippen molar-refractivity contribution in [2.24, 2.45) is 0 Å².